The molecule has 10 aromatic heterocycles. The number of nitrogens with zero attached hydrogens (tertiary/aromatic N) is 21. The van der Waals surface area contributed by atoms with E-state index in [1.54, 1.807) is 4.68 Å². The number of thiocarbonyl (C=S) groups is 1. The molecule has 19 atom stereocenters. The van der Waals surface area contributed by atoms with Crippen molar-refractivity contribution in [2.24, 2.45) is 0 Å². The summed E-state index contributed by atoms with van der Waals surface area (Å²) < 4.78 is 65.6. The summed E-state index contributed by atoms with van der Waals surface area (Å²) in [6, 6.07) is 0. The minimum atomic E-state index is -1.18. The molecule has 9 unspecified atom stereocenters. The molecular formula is C49H47N25O21S3. The van der Waals surface area contributed by atoms with Crippen LogP contribution < -0.4 is 39.6 Å². The zero-order valence-electron chi connectivity index (χ0n) is 49.7. The molecule has 0 radical (unpaired) electrons. The van der Waals surface area contributed by atoms with Gasteiger partial charge in [-0.05, 0) is 13.8 Å². The molecular weight excluding hydrogens is 1370 g/mol. The van der Waals surface area contributed by atoms with Crippen LogP contribution in [0, 0.1) is 9.28 Å². The van der Waals surface area contributed by atoms with Crippen LogP contribution in [0.5, 0.6) is 0 Å². The van der Waals surface area contributed by atoms with Crippen molar-refractivity contribution < 1.29 is 68.2 Å². The maximum Gasteiger partial charge on any atom is 0.353 e. The maximum absolute atomic E-state index is 12.5. The fraction of sp³-hybridized carbons (Fsp3) is 0.571. The third kappa shape index (κ3) is 8.94. The van der Waals surface area contributed by atoms with E-state index in [-0.39, 0.29) is 75.3 Å². The third-order valence-electron chi connectivity index (χ3n) is 18.7. The van der Waals surface area contributed by atoms with Crippen LogP contribution in [0.15, 0.2) is 39.8 Å². The van der Waals surface area contributed by atoms with Gasteiger partial charge in [0.1, 0.15) is 88.2 Å². The smallest absolute Gasteiger partial charge is 0.353 e. The summed E-state index contributed by atoms with van der Waals surface area (Å²) in [6.45, 7) is 5.15. The van der Waals surface area contributed by atoms with Gasteiger partial charge in [0.25, 0.3) is 11.1 Å². The number of aliphatic hydroxyl groups is 5. The van der Waals surface area contributed by atoms with Gasteiger partial charge in [-0.1, -0.05) is 50.5 Å². The van der Waals surface area contributed by atoms with Crippen LogP contribution >= 0.6 is 36.7 Å². The lowest BCUT2D eigenvalue weighted by molar-refractivity contribution is -0.196. The Bertz CT molecular complexity index is 5660. The van der Waals surface area contributed by atoms with Gasteiger partial charge in [-0.3, -0.25) is 29.5 Å². The van der Waals surface area contributed by atoms with Crippen LogP contribution in [0.25, 0.3) is 55.8 Å². The first-order valence-electron chi connectivity index (χ1n) is 30.0. The summed E-state index contributed by atoms with van der Waals surface area (Å²) in [5.74, 6) is -0.704. The number of rotatable bonds is 0. The fourth-order valence-electron chi connectivity index (χ4n) is 14.4. The molecule has 98 heavy (non-hydrogen) atoms. The largest absolute Gasteiger partial charge is 0.447 e. The van der Waals surface area contributed by atoms with E-state index in [0.717, 1.165) is 0 Å². The van der Waals surface area contributed by atoms with Gasteiger partial charge in [0, 0.05) is 18.6 Å². The number of aliphatic hydroxyl groups excluding tert-OH is 5. The molecule has 46 nitrogen and oxygen atoms in total. The number of ether oxygens (including phenoxy) is 9. The van der Waals surface area contributed by atoms with Crippen LogP contribution in [0.2, 0.25) is 0 Å². The minimum absolute atomic E-state index is 0.0367. The Morgan fingerprint density at radius 1 is 0.449 bits per heavy atom. The first-order chi connectivity index (χ1) is 47.0. The average molecular weight is 1420 g/mol. The molecule has 49 heteroatoms. The maximum atomic E-state index is 12.5. The van der Waals surface area contributed by atoms with Gasteiger partial charge < -0.3 is 68.2 Å². The molecule has 10 aromatic rings. The third-order valence-corrected chi connectivity index (χ3v) is 19.4. The van der Waals surface area contributed by atoms with Crippen molar-refractivity contribution in [2.75, 3.05) is 0 Å². The molecule has 0 amide bonds. The van der Waals surface area contributed by atoms with Crippen molar-refractivity contribution in [3.63, 3.8) is 0 Å². The zero-order chi connectivity index (χ0) is 67.7. The highest BCUT2D eigenvalue weighted by Gasteiger charge is 2.59. The summed E-state index contributed by atoms with van der Waals surface area (Å²) in [7, 11) is 0. The molecule has 22 heterocycles. The van der Waals surface area contributed by atoms with Crippen molar-refractivity contribution in [1.82, 2.24) is 123 Å². The van der Waals surface area contributed by atoms with Crippen molar-refractivity contribution in [3.8, 4) is 0 Å². The van der Waals surface area contributed by atoms with E-state index in [1.165, 1.54) is 47.8 Å². The van der Waals surface area contributed by atoms with Gasteiger partial charge in [-0.15, -0.1) is 25.5 Å². The summed E-state index contributed by atoms with van der Waals surface area (Å²) in [5.41, 5.74) is -0.191. The number of H-pyrrole nitrogens is 4. The van der Waals surface area contributed by atoms with Gasteiger partial charge in [0.2, 0.25) is 0 Å². The average Bonchev–Trinajstić information content (AvgIpc) is 1.59. The number of nitrogens with one attached hydrogen (secondary N) is 4. The number of hydrogen-bond acceptors (Lipinski definition) is 35. The number of aromatic amines is 4. The van der Waals surface area contributed by atoms with Gasteiger partial charge in [-0.2, -0.15) is 4.98 Å². The van der Waals surface area contributed by atoms with Crippen LogP contribution in [0.3, 0.4) is 0 Å². The highest BCUT2D eigenvalue weighted by atomic mass is 32.1. The molecule has 12 aliphatic rings. The Hall–Kier alpha value is -9.35. The van der Waals surface area contributed by atoms with Crippen molar-refractivity contribution in [2.45, 2.75) is 175 Å². The van der Waals surface area contributed by atoms with Gasteiger partial charge in [-0.25, -0.2) is 70.2 Å². The van der Waals surface area contributed by atoms with E-state index >= 15 is 0 Å². The normalized spacial score (nSPS) is 32.8. The highest BCUT2D eigenvalue weighted by molar-refractivity contribution is 7.79. The second kappa shape index (κ2) is 21.6. The quantitative estimate of drug-likeness (QED) is 0.0637. The Labute approximate surface area is 550 Å². The summed E-state index contributed by atoms with van der Waals surface area (Å²) >= 11 is 15.1. The summed E-state index contributed by atoms with van der Waals surface area (Å²) in [6.07, 6.45) is -11.2. The van der Waals surface area contributed by atoms with E-state index in [2.05, 4.69) is 76.5 Å². The molecule has 22 rings (SSSR count). The van der Waals surface area contributed by atoms with E-state index in [1.807, 2.05) is 13.8 Å². The van der Waals surface area contributed by atoms with E-state index in [9.17, 15) is 59.1 Å². The summed E-state index contributed by atoms with van der Waals surface area (Å²) in [5, 5.41) is 88.6. The lowest BCUT2D eigenvalue weighted by Crippen LogP contribution is -2.39. The van der Waals surface area contributed by atoms with Gasteiger partial charge in [0.15, 0.2) is 93.2 Å². The van der Waals surface area contributed by atoms with E-state index in [4.69, 9.17) is 79.3 Å². The monoisotopic (exact) mass is 1420 g/mol. The minimum Gasteiger partial charge on any atom is -0.447 e. The second-order valence-corrected chi connectivity index (χ2v) is 26.0. The van der Waals surface area contributed by atoms with Crippen LogP contribution in [-0.4, -0.2) is 245 Å². The van der Waals surface area contributed by atoms with Crippen molar-refractivity contribution in [3.05, 3.63) is 88.6 Å². The Morgan fingerprint density at radius 2 is 0.867 bits per heavy atom. The Kier molecular flexibility index (Phi) is 13.4. The first kappa shape index (κ1) is 61.0. The lowest BCUT2D eigenvalue weighted by atomic mass is 10.1. The standard InChI is InChI=1S/C12H13N5O4S.C10H7N5O5S.C9H9N5O4S.2C9H9N5O4/c1-12(2)20-6-4-3-16-9-5(14-15-16)8(22)13-11(18)17(9)10(19-4)7(6)21-12;16-6-3-7-14(13-12-3)1-2-4-5(20-10(21)19-4)8(18-2)15(7)9(17)11-6;15-4-2-1-13-7-3(11-12-13)6(19)10-9(17)14(7)8(18-2)5(4)16;15-5-4-2-13-7-3(11-12-13)1-10-9(17)14(7)8(18-4)6(5)16;15-3-1-5-14-8-6(7(16)10-9(14)17)11-12-13(8)2-4(3)18-5/h4,6-7,10H,3H2,1-2H3,(H,13,18,22);2,4-5,8H,1H2,(H,11,16,17);2,4-5,8,15-16H,1H2,(H,10,17,19);1,4-6,8,15-16H,2H2;3-5,15H,1-2H2,(H,10,16,17)/t4-,6?,7?,10-;2*2-,4?,5?,8-;4-,5?,6?,8-;3?,4-,5-/m11111/s1. The molecule has 9 N–H and O–H groups in total. The molecule has 512 valence electrons. The molecule has 7 fully saturated rings. The molecule has 0 saturated carbocycles. The number of hydrogen-bond donors (Lipinski definition) is 9. The number of fused-ring (bicyclic) bond motifs is 21. The van der Waals surface area contributed by atoms with Crippen LogP contribution in [0.1, 0.15) is 51.4 Å². The van der Waals surface area contributed by atoms with Crippen LogP contribution in [0.4, 0.5) is 0 Å². The van der Waals surface area contributed by atoms with Gasteiger partial charge in [0.05, 0.1) is 45.0 Å². The van der Waals surface area contributed by atoms with Crippen LogP contribution in [-0.2, 0) is 75.4 Å². The van der Waals surface area contributed by atoms with Crippen molar-refractivity contribution in [1.29, 1.82) is 0 Å². The SMILES string of the molecule is CC1(C)OC2C(O1)[C@H]1Cn3nnc4c(=S)[nH]c(=O)n(c43)[C@@H]2O1.O=c1[nH]c(=O)n2c3c1nnn3C[C@H]1O[C@@H]2C2OC(=S)OC21.O=c1[nH]c(=O)n2c3c1nnn3C[C@H]1O[C@@H]2CC1O.O=c1[nH]c(=S)c2nnn3c2n1[C@@H]1O[C@H](C3)C(O)C1O.O=c1ncc2nnn3c2n1[C@@H]1O[C@H](C3)C(O)C1O. The predicted molar refractivity (Wildman–Crippen MR) is 319 cm³/mol. The molecule has 0 aliphatic carbocycles. The molecule has 10 bridgehead atoms. The van der Waals surface area contributed by atoms with E-state index in [0.29, 0.717) is 64.3 Å². The molecule has 12 aliphatic heterocycles. The second-order valence-electron chi connectivity index (χ2n) is 24.8. The zero-order valence-corrected chi connectivity index (χ0v) is 52.1. The van der Waals surface area contributed by atoms with Gasteiger partial charge >= 0.3 is 33.7 Å². The molecule has 0 spiro atoms. The Morgan fingerprint density at radius 3 is 1.45 bits per heavy atom. The van der Waals surface area contributed by atoms with Crippen molar-refractivity contribution >= 4 is 97.7 Å². The fourth-order valence-corrected chi connectivity index (χ4v) is 15.1. The predicted octanol–water partition coefficient (Wildman–Crippen LogP) is -7.81. The first-order valence-corrected chi connectivity index (χ1v) is 31.2. The molecule has 0 aromatic carbocycles. The Balaban J connectivity index is 0.0000000890. The lowest BCUT2D eigenvalue weighted by Gasteiger charge is -2.23. The highest BCUT2D eigenvalue weighted by Crippen LogP contribution is 2.46. The van der Waals surface area contributed by atoms with E-state index < -0.39 is 132 Å². The molecule has 7 saturated heterocycles. The number of aromatic nitrogens is 25. The summed E-state index contributed by atoms with van der Waals surface area (Å²) in [4.78, 5) is 97.0. The topological polar surface area (TPSA) is 558 Å².